The van der Waals surface area contributed by atoms with Crippen LogP contribution in [-0.4, -0.2) is 31.9 Å². The number of ether oxygens (including phenoxy) is 2. The SMILES string of the molecule is CCOC(=O)Nc1ccc(OC2CNC2)cc1.Cl. The van der Waals surface area contributed by atoms with Gasteiger partial charge in [-0.15, -0.1) is 12.4 Å². The van der Waals surface area contributed by atoms with Crippen LogP contribution in [0, 0.1) is 0 Å². The Bertz CT molecular complexity index is 379. The fraction of sp³-hybridized carbons (Fsp3) is 0.417. The molecule has 5 nitrogen and oxygen atoms in total. The Kier molecular flexibility index (Phi) is 5.74. The predicted octanol–water partition coefficient (Wildman–Crippen LogP) is 2.03. The van der Waals surface area contributed by atoms with Crippen molar-refractivity contribution in [3.8, 4) is 5.75 Å². The quantitative estimate of drug-likeness (QED) is 0.880. The van der Waals surface area contributed by atoms with Gasteiger partial charge in [0.1, 0.15) is 11.9 Å². The lowest BCUT2D eigenvalue weighted by atomic mass is 10.2. The lowest BCUT2D eigenvalue weighted by Gasteiger charge is -2.27. The van der Waals surface area contributed by atoms with Crippen LogP contribution in [-0.2, 0) is 4.74 Å². The topological polar surface area (TPSA) is 59.6 Å². The zero-order chi connectivity index (χ0) is 12.1. The van der Waals surface area contributed by atoms with Gasteiger partial charge in [-0.25, -0.2) is 4.79 Å². The number of halogens is 1. The normalized spacial score (nSPS) is 14.1. The maximum absolute atomic E-state index is 11.2. The van der Waals surface area contributed by atoms with Gasteiger partial charge in [-0.1, -0.05) is 0 Å². The number of hydrogen-bond donors (Lipinski definition) is 2. The average molecular weight is 273 g/mol. The van der Waals surface area contributed by atoms with Gasteiger partial charge in [0.2, 0.25) is 0 Å². The van der Waals surface area contributed by atoms with E-state index in [1.165, 1.54) is 0 Å². The summed E-state index contributed by atoms with van der Waals surface area (Å²) >= 11 is 0. The molecule has 0 atom stereocenters. The van der Waals surface area contributed by atoms with E-state index in [1.807, 2.05) is 12.1 Å². The van der Waals surface area contributed by atoms with Crippen LogP contribution in [0.15, 0.2) is 24.3 Å². The Morgan fingerprint density at radius 1 is 1.39 bits per heavy atom. The fourth-order valence-corrected chi connectivity index (χ4v) is 1.44. The molecule has 1 amide bonds. The molecule has 1 aliphatic rings. The predicted molar refractivity (Wildman–Crippen MR) is 71.6 cm³/mol. The number of benzene rings is 1. The summed E-state index contributed by atoms with van der Waals surface area (Å²) < 4.78 is 10.4. The lowest BCUT2D eigenvalue weighted by molar-refractivity contribution is 0.142. The molecule has 1 heterocycles. The third-order valence-electron chi connectivity index (χ3n) is 2.42. The zero-order valence-electron chi connectivity index (χ0n) is 10.1. The molecule has 1 saturated heterocycles. The highest BCUT2D eigenvalue weighted by Gasteiger charge is 2.17. The Balaban J connectivity index is 0.00000162. The number of amides is 1. The number of carbonyl (C=O) groups excluding carboxylic acids is 1. The Labute approximate surface area is 112 Å². The minimum absolute atomic E-state index is 0. The van der Waals surface area contributed by atoms with Crippen molar-refractivity contribution in [2.75, 3.05) is 25.0 Å². The van der Waals surface area contributed by atoms with Crippen LogP contribution in [0.3, 0.4) is 0 Å². The molecule has 1 fully saturated rings. The molecule has 0 radical (unpaired) electrons. The van der Waals surface area contributed by atoms with Crippen molar-refractivity contribution in [3.05, 3.63) is 24.3 Å². The van der Waals surface area contributed by atoms with Crippen LogP contribution < -0.4 is 15.4 Å². The second-order valence-electron chi connectivity index (χ2n) is 3.77. The van der Waals surface area contributed by atoms with Crippen LogP contribution in [0.4, 0.5) is 10.5 Å². The van der Waals surface area contributed by atoms with E-state index in [0.29, 0.717) is 12.3 Å². The third-order valence-corrected chi connectivity index (χ3v) is 2.42. The summed E-state index contributed by atoms with van der Waals surface area (Å²) in [5.74, 6) is 0.811. The van der Waals surface area contributed by atoms with Crippen molar-refractivity contribution in [2.24, 2.45) is 0 Å². The number of anilines is 1. The van der Waals surface area contributed by atoms with Crippen LogP contribution in [0.5, 0.6) is 5.75 Å². The van der Waals surface area contributed by atoms with Crippen molar-refractivity contribution < 1.29 is 14.3 Å². The highest BCUT2D eigenvalue weighted by Crippen LogP contribution is 2.17. The highest BCUT2D eigenvalue weighted by atomic mass is 35.5. The summed E-state index contributed by atoms with van der Waals surface area (Å²) in [5.41, 5.74) is 0.697. The molecule has 1 aliphatic heterocycles. The van der Waals surface area contributed by atoms with Crippen molar-refractivity contribution in [1.82, 2.24) is 5.32 Å². The number of nitrogens with one attached hydrogen (secondary N) is 2. The van der Waals surface area contributed by atoms with Gasteiger partial charge in [-0.05, 0) is 31.2 Å². The van der Waals surface area contributed by atoms with Crippen molar-refractivity contribution in [2.45, 2.75) is 13.0 Å². The standard InChI is InChI=1S/C12H16N2O3.ClH/c1-2-16-12(15)14-9-3-5-10(6-4-9)17-11-7-13-8-11;/h3-6,11,13H,2,7-8H2,1H3,(H,14,15);1H. The van der Waals surface area contributed by atoms with Gasteiger partial charge >= 0.3 is 6.09 Å². The summed E-state index contributed by atoms with van der Waals surface area (Å²) in [6.07, 6.45) is -0.178. The van der Waals surface area contributed by atoms with Gasteiger partial charge < -0.3 is 14.8 Å². The molecule has 2 N–H and O–H groups in total. The average Bonchev–Trinajstić information content (AvgIpc) is 2.26. The Hall–Kier alpha value is -1.46. The van der Waals surface area contributed by atoms with E-state index in [0.717, 1.165) is 18.8 Å². The largest absolute Gasteiger partial charge is 0.488 e. The van der Waals surface area contributed by atoms with E-state index in [9.17, 15) is 4.79 Å². The van der Waals surface area contributed by atoms with E-state index in [1.54, 1.807) is 19.1 Å². The van der Waals surface area contributed by atoms with E-state index in [4.69, 9.17) is 9.47 Å². The lowest BCUT2D eigenvalue weighted by Crippen LogP contribution is -2.50. The molecular formula is C12H17ClN2O3. The molecule has 0 bridgehead atoms. The highest BCUT2D eigenvalue weighted by molar-refractivity contribution is 5.85. The summed E-state index contributed by atoms with van der Waals surface area (Å²) in [4.78, 5) is 11.2. The summed E-state index contributed by atoms with van der Waals surface area (Å²) in [5, 5.41) is 5.76. The van der Waals surface area contributed by atoms with E-state index in [2.05, 4.69) is 10.6 Å². The van der Waals surface area contributed by atoms with Crippen molar-refractivity contribution in [1.29, 1.82) is 0 Å². The van der Waals surface area contributed by atoms with Crippen molar-refractivity contribution >= 4 is 24.2 Å². The van der Waals surface area contributed by atoms with Crippen LogP contribution >= 0.6 is 12.4 Å². The Morgan fingerprint density at radius 2 is 2.06 bits per heavy atom. The molecule has 6 heteroatoms. The summed E-state index contributed by atoms with van der Waals surface area (Å²) in [6.45, 7) is 3.91. The first-order valence-electron chi connectivity index (χ1n) is 5.69. The molecule has 2 rings (SSSR count). The molecule has 100 valence electrons. The molecular weight excluding hydrogens is 256 g/mol. The monoisotopic (exact) mass is 272 g/mol. The van der Waals surface area contributed by atoms with Crippen molar-refractivity contribution in [3.63, 3.8) is 0 Å². The van der Waals surface area contributed by atoms with E-state index < -0.39 is 6.09 Å². The first kappa shape index (κ1) is 14.6. The van der Waals surface area contributed by atoms with Gasteiger partial charge in [0.25, 0.3) is 0 Å². The number of hydrogen-bond acceptors (Lipinski definition) is 4. The maximum atomic E-state index is 11.2. The van der Waals surface area contributed by atoms with Gasteiger partial charge in [-0.3, -0.25) is 5.32 Å². The van der Waals surface area contributed by atoms with Gasteiger partial charge in [0, 0.05) is 18.8 Å². The third kappa shape index (κ3) is 4.09. The van der Waals surface area contributed by atoms with Crippen LogP contribution in [0.2, 0.25) is 0 Å². The second kappa shape index (κ2) is 7.08. The molecule has 1 aromatic carbocycles. The molecule has 0 spiro atoms. The minimum Gasteiger partial charge on any atom is -0.488 e. The van der Waals surface area contributed by atoms with Crippen LogP contribution in [0.1, 0.15) is 6.92 Å². The van der Waals surface area contributed by atoms with Gasteiger partial charge in [0.05, 0.1) is 6.61 Å². The first-order valence-corrected chi connectivity index (χ1v) is 5.69. The van der Waals surface area contributed by atoms with Gasteiger partial charge in [-0.2, -0.15) is 0 Å². The molecule has 0 aromatic heterocycles. The zero-order valence-corrected chi connectivity index (χ0v) is 11.0. The molecule has 1 aromatic rings. The Morgan fingerprint density at radius 3 is 2.56 bits per heavy atom. The molecule has 0 aliphatic carbocycles. The number of carbonyl (C=O) groups is 1. The molecule has 0 unspecified atom stereocenters. The molecule has 18 heavy (non-hydrogen) atoms. The summed E-state index contributed by atoms with van der Waals surface area (Å²) in [7, 11) is 0. The minimum atomic E-state index is -0.440. The summed E-state index contributed by atoms with van der Waals surface area (Å²) in [6, 6.07) is 7.25. The van der Waals surface area contributed by atoms with E-state index in [-0.39, 0.29) is 18.5 Å². The first-order chi connectivity index (χ1) is 8.28. The van der Waals surface area contributed by atoms with Gasteiger partial charge in [0.15, 0.2) is 0 Å². The number of rotatable bonds is 4. The maximum Gasteiger partial charge on any atom is 0.411 e. The second-order valence-corrected chi connectivity index (χ2v) is 3.77. The smallest absolute Gasteiger partial charge is 0.411 e. The fourth-order valence-electron chi connectivity index (χ4n) is 1.44. The van der Waals surface area contributed by atoms with E-state index >= 15 is 0 Å². The molecule has 0 saturated carbocycles. The van der Waals surface area contributed by atoms with Crippen LogP contribution in [0.25, 0.3) is 0 Å².